The summed E-state index contributed by atoms with van der Waals surface area (Å²) in [6.45, 7) is 7.27. The second kappa shape index (κ2) is 6.74. The monoisotopic (exact) mass is 353 g/mol. The first-order valence-electron chi connectivity index (χ1n) is 6.69. The highest BCUT2D eigenvalue weighted by Gasteiger charge is 2.20. The zero-order chi connectivity index (χ0) is 14.7. The minimum absolute atomic E-state index is 0.164. The third-order valence-electron chi connectivity index (χ3n) is 3.55. The summed E-state index contributed by atoms with van der Waals surface area (Å²) in [6.07, 6.45) is 0. The molecule has 20 heavy (non-hydrogen) atoms. The molecule has 0 aliphatic rings. The molecule has 1 N–H and O–H groups in total. The molecule has 0 bridgehead atoms. The topological polar surface area (TPSA) is 21.3 Å². The first kappa shape index (κ1) is 15.5. The molecule has 108 valence electrons. The van der Waals surface area contributed by atoms with Gasteiger partial charge >= 0.3 is 0 Å². The van der Waals surface area contributed by atoms with Gasteiger partial charge in [-0.2, -0.15) is 0 Å². The molecule has 4 heteroatoms. The predicted molar refractivity (Wildman–Crippen MR) is 90.0 cm³/mol. The van der Waals surface area contributed by atoms with Crippen molar-refractivity contribution in [2.24, 2.45) is 0 Å². The molecule has 1 unspecified atom stereocenters. The van der Waals surface area contributed by atoms with Gasteiger partial charge in [0.25, 0.3) is 0 Å². The van der Waals surface area contributed by atoms with Crippen LogP contribution < -0.4 is 10.1 Å². The molecule has 0 radical (unpaired) electrons. The van der Waals surface area contributed by atoms with Gasteiger partial charge in [-0.05, 0) is 64.5 Å². The van der Waals surface area contributed by atoms with Gasteiger partial charge < -0.3 is 10.1 Å². The Hall–Kier alpha value is -0.840. The third kappa shape index (κ3) is 3.08. The number of thiophene rings is 1. The first-order chi connectivity index (χ1) is 9.58. The Morgan fingerprint density at radius 1 is 1.35 bits per heavy atom. The van der Waals surface area contributed by atoms with E-state index in [0.29, 0.717) is 0 Å². The zero-order valence-electron chi connectivity index (χ0n) is 12.3. The average Bonchev–Trinajstić information content (AvgIpc) is 2.86. The lowest BCUT2D eigenvalue weighted by atomic mass is 9.95. The summed E-state index contributed by atoms with van der Waals surface area (Å²) in [4.78, 5) is 0. The molecule has 0 saturated heterocycles. The Bertz CT molecular complexity index is 594. The van der Waals surface area contributed by atoms with E-state index in [1.54, 1.807) is 18.4 Å². The maximum absolute atomic E-state index is 5.66. The van der Waals surface area contributed by atoms with Crippen molar-refractivity contribution < 1.29 is 4.74 Å². The fourth-order valence-corrected chi connectivity index (χ4v) is 3.60. The van der Waals surface area contributed by atoms with Crippen molar-refractivity contribution in [1.82, 2.24) is 5.32 Å². The molecule has 0 aliphatic carbocycles. The normalized spacial score (nSPS) is 12.4. The van der Waals surface area contributed by atoms with E-state index in [1.165, 1.54) is 22.3 Å². The summed E-state index contributed by atoms with van der Waals surface area (Å²) < 4.78 is 6.82. The van der Waals surface area contributed by atoms with E-state index in [9.17, 15) is 0 Å². The summed E-state index contributed by atoms with van der Waals surface area (Å²) in [5.74, 6) is 0.985. The van der Waals surface area contributed by atoms with Gasteiger partial charge in [-0.1, -0.05) is 19.1 Å². The Balaban J connectivity index is 2.52. The predicted octanol–water partition coefficient (Wildman–Crippen LogP) is 4.83. The van der Waals surface area contributed by atoms with Crippen LogP contribution in [0.5, 0.6) is 5.75 Å². The number of hydrogen-bond acceptors (Lipinski definition) is 3. The number of methoxy groups -OCH3 is 1. The zero-order valence-corrected chi connectivity index (χ0v) is 14.7. The summed E-state index contributed by atoms with van der Waals surface area (Å²) >= 11 is 5.26. The minimum Gasteiger partial charge on any atom is -0.496 e. The van der Waals surface area contributed by atoms with Crippen LogP contribution in [0.1, 0.15) is 35.2 Å². The van der Waals surface area contributed by atoms with Gasteiger partial charge in [0.05, 0.1) is 16.9 Å². The van der Waals surface area contributed by atoms with Crippen molar-refractivity contribution >= 4 is 27.3 Å². The number of halogens is 1. The Kier molecular flexibility index (Phi) is 5.24. The van der Waals surface area contributed by atoms with E-state index in [2.05, 4.69) is 65.6 Å². The summed E-state index contributed by atoms with van der Waals surface area (Å²) in [5, 5.41) is 5.74. The Labute approximate surface area is 133 Å². The van der Waals surface area contributed by atoms with Crippen molar-refractivity contribution in [3.8, 4) is 5.75 Å². The van der Waals surface area contributed by atoms with Crippen molar-refractivity contribution in [3.63, 3.8) is 0 Å². The van der Waals surface area contributed by atoms with Crippen molar-refractivity contribution in [2.75, 3.05) is 13.7 Å². The molecule has 2 rings (SSSR count). The van der Waals surface area contributed by atoms with Crippen molar-refractivity contribution in [1.29, 1.82) is 0 Å². The standard InChI is InChI=1S/C16H20BrNOS/c1-5-18-15(12-8-14(17)20-9-12)13-7-6-10(2)11(3)16(13)19-4/h6-9,15,18H,5H2,1-4H3. The number of aryl methyl sites for hydroxylation is 1. The van der Waals surface area contributed by atoms with E-state index in [4.69, 9.17) is 4.74 Å². The SMILES string of the molecule is CCNC(c1csc(Br)c1)c1ccc(C)c(C)c1OC. The van der Waals surface area contributed by atoms with Gasteiger partial charge in [0.2, 0.25) is 0 Å². The number of hydrogen-bond donors (Lipinski definition) is 1. The largest absolute Gasteiger partial charge is 0.496 e. The minimum atomic E-state index is 0.164. The van der Waals surface area contributed by atoms with Crippen LogP contribution in [-0.2, 0) is 0 Å². The maximum atomic E-state index is 5.66. The van der Waals surface area contributed by atoms with E-state index in [-0.39, 0.29) is 6.04 Å². The van der Waals surface area contributed by atoms with E-state index in [1.807, 2.05) is 0 Å². The number of benzene rings is 1. The van der Waals surface area contributed by atoms with Gasteiger partial charge in [-0.3, -0.25) is 0 Å². The molecule has 2 nitrogen and oxygen atoms in total. The van der Waals surface area contributed by atoms with Crippen LogP contribution in [0.4, 0.5) is 0 Å². The second-order valence-electron chi connectivity index (χ2n) is 4.80. The van der Waals surface area contributed by atoms with E-state index in [0.717, 1.165) is 16.1 Å². The number of rotatable bonds is 5. The lowest BCUT2D eigenvalue weighted by Crippen LogP contribution is -2.22. The van der Waals surface area contributed by atoms with E-state index >= 15 is 0 Å². The average molecular weight is 354 g/mol. The first-order valence-corrected chi connectivity index (χ1v) is 8.37. The smallest absolute Gasteiger partial charge is 0.127 e. The molecular formula is C16H20BrNOS. The van der Waals surface area contributed by atoms with E-state index < -0.39 is 0 Å². The molecule has 1 heterocycles. The molecule has 1 atom stereocenters. The fraction of sp³-hybridized carbons (Fsp3) is 0.375. The molecule has 1 aromatic carbocycles. The molecule has 0 spiro atoms. The van der Waals surface area contributed by atoms with Crippen LogP contribution >= 0.6 is 27.3 Å². The van der Waals surface area contributed by atoms with Crippen molar-refractivity contribution in [2.45, 2.75) is 26.8 Å². The fourth-order valence-electron chi connectivity index (χ4n) is 2.40. The van der Waals surface area contributed by atoms with Crippen LogP contribution in [0.2, 0.25) is 0 Å². The van der Waals surface area contributed by atoms with Gasteiger partial charge in [0, 0.05) is 5.56 Å². The van der Waals surface area contributed by atoms with Crippen LogP contribution in [0.25, 0.3) is 0 Å². The van der Waals surface area contributed by atoms with Gasteiger partial charge in [0.15, 0.2) is 0 Å². The summed E-state index contributed by atoms with van der Waals surface area (Å²) in [7, 11) is 1.75. The third-order valence-corrected chi connectivity index (χ3v) is 5.07. The lowest BCUT2D eigenvalue weighted by molar-refractivity contribution is 0.401. The molecule has 0 fully saturated rings. The lowest BCUT2D eigenvalue weighted by Gasteiger charge is -2.22. The number of ether oxygens (including phenoxy) is 1. The maximum Gasteiger partial charge on any atom is 0.127 e. The molecule has 0 amide bonds. The van der Waals surface area contributed by atoms with Crippen LogP contribution in [-0.4, -0.2) is 13.7 Å². The van der Waals surface area contributed by atoms with Gasteiger partial charge in [0.1, 0.15) is 5.75 Å². The summed E-state index contributed by atoms with van der Waals surface area (Å²) in [5.41, 5.74) is 4.93. The number of nitrogens with one attached hydrogen (secondary N) is 1. The van der Waals surface area contributed by atoms with Crippen LogP contribution in [0.3, 0.4) is 0 Å². The highest BCUT2D eigenvalue weighted by Crippen LogP contribution is 2.36. The molecule has 0 saturated carbocycles. The van der Waals surface area contributed by atoms with Gasteiger partial charge in [-0.25, -0.2) is 0 Å². The Morgan fingerprint density at radius 2 is 2.10 bits per heavy atom. The molecule has 0 aliphatic heterocycles. The van der Waals surface area contributed by atoms with Crippen LogP contribution in [0, 0.1) is 13.8 Å². The Morgan fingerprint density at radius 3 is 2.65 bits per heavy atom. The highest BCUT2D eigenvalue weighted by molar-refractivity contribution is 9.11. The van der Waals surface area contributed by atoms with Crippen molar-refractivity contribution in [3.05, 3.63) is 49.6 Å². The highest BCUT2D eigenvalue weighted by atomic mass is 79.9. The summed E-state index contributed by atoms with van der Waals surface area (Å²) in [6, 6.07) is 6.67. The van der Waals surface area contributed by atoms with Crippen LogP contribution in [0.15, 0.2) is 27.4 Å². The second-order valence-corrected chi connectivity index (χ2v) is 7.10. The quantitative estimate of drug-likeness (QED) is 0.830. The molecular weight excluding hydrogens is 334 g/mol. The molecule has 2 aromatic rings. The van der Waals surface area contributed by atoms with Gasteiger partial charge in [-0.15, -0.1) is 11.3 Å². The molecule has 1 aromatic heterocycles.